The number of benzene rings is 1. The molecule has 2 heteroatoms. The summed E-state index contributed by atoms with van der Waals surface area (Å²) in [5, 5.41) is 0. The van der Waals surface area contributed by atoms with Gasteiger partial charge in [0.05, 0.1) is 5.41 Å². The molecule has 1 atom stereocenters. The molecule has 20 heavy (non-hydrogen) atoms. The van der Waals surface area contributed by atoms with E-state index >= 15 is 0 Å². The van der Waals surface area contributed by atoms with Gasteiger partial charge >= 0.3 is 5.97 Å². The maximum absolute atomic E-state index is 12.2. The number of hydrogen-bond donors (Lipinski definition) is 0. The minimum absolute atomic E-state index is 0.200. The van der Waals surface area contributed by atoms with Crippen molar-refractivity contribution in [3.8, 4) is 0 Å². The van der Waals surface area contributed by atoms with Crippen molar-refractivity contribution in [3.05, 3.63) is 42.5 Å². The maximum Gasteiger partial charge on any atom is 0.311 e. The zero-order chi connectivity index (χ0) is 15.6. The second kappa shape index (κ2) is 5.82. The molecule has 1 aromatic carbocycles. The number of carbonyl (C=O) groups is 1. The van der Waals surface area contributed by atoms with Gasteiger partial charge in [-0.05, 0) is 31.9 Å². The van der Waals surface area contributed by atoms with Crippen LogP contribution in [0.5, 0.6) is 0 Å². The van der Waals surface area contributed by atoms with Crippen molar-refractivity contribution in [1.82, 2.24) is 0 Å². The molecule has 1 rings (SSSR count). The van der Waals surface area contributed by atoms with Crippen molar-refractivity contribution < 1.29 is 9.53 Å². The summed E-state index contributed by atoms with van der Waals surface area (Å²) < 4.78 is 5.76. The summed E-state index contributed by atoms with van der Waals surface area (Å²) >= 11 is 0. The molecule has 0 bridgehead atoms. The predicted octanol–water partition coefficient (Wildman–Crippen LogP) is 4.70. The third-order valence-electron chi connectivity index (χ3n) is 3.08. The van der Waals surface area contributed by atoms with Gasteiger partial charge in [0.2, 0.25) is 0 Å². The zero-order valence-electron chi connectivity index (χ0n) is 13.5. The van der Waals surface area contributed by atoms with Gasteiger partial charge < -0.3 is 4.74 Å². The zero-order valence-corrected chi connectivity index (χ0v) is 13.5. The minimum atomic E-state index is -0.513. The average Bonchev–Trinajstić information content (AvgIpc) is 2.33. The molecule has 0 aliphatic rings. The Bertz CT molecular complexity index is 472. The standard InChI is InChI=1S/C18H26O2/c1-13(14-11-9-8-10-12-14)15(17(2,3)4)20-16(19)18(5,6)7/h8-12,15H,1H2,2-7H3. The molecule has 0 N–H and O–H groups in total. The first kappa shape index (κ1) is 16.5. The number of carbonyl (C=O) groups excluding carboxylic acids is 1. The van der Waals surface area contributed by atoms with Gasteiger partial charge in [0, 0.05) is 5.41 Å². The van der Waals surface area contributed by atoms with Crippen LogP contribution in [0, 0.1) is 10.8 Å². The van der Waals surface area contributed by atoms with Crippen LogP contribution in [-0.2, 0) is 9.53 Å². The molecule has 1 aromatic rings. The molecule has 0 aliphatic carbocycles. The number of hydrogen-bond acceptors (Lipinski definition) is 2. The lowest BCUT2D eigenvalue weighted by atomic mass is 9.82. The highest BCUT2D eigenvalue weighted by Crippen LogP contribution is 2.34. The first-order valence-corrected chi connectivity index (χ1v) is 6.99. The molecule has 0 heterocycles. The van der Waals surface area contributed by atoms with E-state index < -0.39 is 5.41 Å². The highest BCUT2D eigenvalue weighted by molar-refractivity contribution is 5.78. The van der Waals surface area contributed by atoms with E-state index in [4.69, 9.17) is 4.74 Å². The molecule has 2 nitrogen and oxygen atoms in total. The Kier molecular flexibility index (Phi) is 4.80. The van der Waals surface area contributed by atoms with Crippen LogP contribution in [0.15, 0.2) is 36.9 Å². The average molecular weight is 274 g/mol. The van der Waals surface area contributed by atoms with Gasteiger partial charge in [0.25, 0.3) is 0 Å². The lowest BCUT2D eigenvalue weighted by molar-refractivity contribution is -0.160. The fourth-order valence-corrected chi connectivity index (χ4v) is 1.86. The summed E-state index contributed by atoms with van der Waals surface area (Å²) in [6.45, 7) is 15.9. The van der Waals surface area contributed by atoms with Gasteiger partial charge in [-0.2, -0.15) is 0 Å². The summed E-state index contributed by atoms with van der Waals surface area (Å²) in [5.74, 6) is -0.200. The molecule has 0 saturated carbocycles. The Labute approximate surface area is 122 Å². The SMILES string of the molecule is C=C(c1ccccc1)C(OC(=O)C(C)(C)C)C(C)(C)C. The quantitative estimate of drug-likeness (QED) is 0.746. The first-order valence-electron chi connectivity index (χ1n) is 6.99. The van der Waals surface area contributed by atoms with Crippen LogP contribution in [0.1, 0.15) is 47.1 Å². The molecule has 0 aromatic heterocycles. The van der Waals surface area contributed by atoms with E-state index in [1.54, 1.807) is 0 Å². The van der Waals surface area contributed by atoms with Crippen LogP contribution in [0.25, 0.3) is 5.57 Å². The summed E-state index contributed by atoms with van der Waals surface area (Å²) in [6.07, 6.45) is -0.336. The Balaban J connectivity index is 3.03. The van der Waals surface area contributed by atoms with Gasteiger partial charge in [0.1, 0.15) is 6.10 Å². The van der Waals surface area contributed by atoms with E-state index in [1.807, 2.05) is 51.1 Å². The summed E-state index contributed by atoms with van der Waals surface area (Å²) in [6, 6.07) is 9.87. The first-order chi connectivity index (χ1) is 9.03. The fourth-order valence-electron chi connectivity index (χ4n) is 1.86. The molecule has 0 saturated heterocycles. The van der Waals surface area contributed by atoms with Crippen molar-refractivity contribution in [2.45, 2.75) is 47.6 Å². The molecular weight excluding hydrogens is 248 g/mol. The van der Waals surface area contributed by atoms with Crippen LogP contribution in [0.2, 0.25) is 0 Å². The van der Waals surface area contributed by atoms with E-state index in [-0.39, 0.29) is 17.5 Å². The van der Waals surface area contributed by atoms with Crippen molar-refractivity contribution in [3.63, 3.8) is 0 Å². The topological polar surface area (TPSA) is 26.3 Å². The van der Waals surface area contributed by atoms with Crippen molar-refractivity contribution >= 4 is 11.5 Å². The van der Waals surface area contributed by atoms with Gasteiger partial charge in [-0.15, -0.1) is 0 Å². The van der Waals surface area contributed by atoms with E-state index in [9.17, 15) is 4.79 Å². The molecule has 0 amide bonds. The monoisotopic (exact) mass is 274 g/mol. The molecule has 0 aliphatic heterocycles. The van der Waals surface area contributed by atoms with Gasteiger partial charge in [-0.3, -0.25) is 4.79 Å². The van der Waals surface area contributed by atoms with E-state index in [0.717, 1.165) is 11.1 Å². The van der Waals surface area contributed by atoms with Crippen molar-refractivity contribution in [2.75, 3.05) is 0 Å². The molecule has 110 valence electrons. The predicted molar refractivity (Wildman–Crippen MR) is 84.3 cm³/mol. The summed E-state index contributed by atoms with van der Waals surface area (Å²) in [7, 11) is 0. The van der Waals surface area contributed by atoms with Crippen LogP contribution in [0.4, 0.5) is 0 Å². The van der Waals surface area contributed by atoms with Crippen LogP contribution in [0.3, 0.4) is 0 Å². The van der Waals surface area contributed by atoms with Crippen LogP contribution < -0.4 is 0 Å². The largest absolute Gasteiger partial charge is 0.457 e. The Morgan fingerprint density at radius 1 is 1.05 bits per heavy atom. The van der Waals surface area contributed by atoms with E-state index in [2.05, 4.69) is 27.4 Å². The van der Waals surface area contributed by atoms with E-state index in [1.165, 1.54) is 0 Å². The third kappa shape index (κ3) is 4.22. The lowest BCUT2D eigenvalue weighted by Crippen LogP contribution is -2.36. The highest BCUT2D eigenvalue weighted by atomic mass is 16.5. The summed E-state index contributed by atoms with van der Waals surface area (Å²) in [4.78, 5) is 12.2. The van der Waals surface area contributed by atoms with Gasteiger partial charge in [-0.1, -0.05) is 57.7 Å². The molecule has 0 spiro atoms. The van der Waals surface area contributed by atoms with E-state index in [0.29, 0.717) is 0 Å². The Hall–Kier alpha value is -1.57. The number of rotatable bonds is 3. The molecular formula is C18H26O2. The minimum Gasteiger partial charge on any atom is -0.457 e. The molecule has 0 fully saturated rings. The smallest absolute Gasteiger partial charge is 0.311 e. The van der Waals surface area contributed by atoms with Crippen LogP contribution in [-0.4, -0.2) is 12.1 Å². The highest BCUT2D eigenvalue weighted by Gasteiger charge is 2.34. The molecule has 0 radical (unpaired) electrons. The second-order valence-electron chi connectivity index (χ2n) is 7.29. The number of esters is 1. The lowest BCUT2D eigenvalue weighted by Gasteiger charge is -2.34. The van der Waals surface area contributed by atoms with Crippen molar-refractivity contribution in [2.24, 2.45) is 10.8 Å². The van der Waals surface area contributed by atoms with Gasteiger partial charge in [0.15, 0.2) is 0 Å². The van der Waals surface area contributed by atoms with Crippen molar-refractivity contribution in [1.29, 1.82) is 0 Å². The van der Waals surface area contributed by atoms with Gasteiger partial charge in [-0.25, -0.2) is 0 Å². The Morgan fingerprint density at radius 3 is 1.95 bits per heavy atom. The second-order valence-corrected chi connectivity index (χ2v) is 7.29. The fraction of sp³-hybridized carbons (Fsp3) is 0.500. The summed E-state index contributed by atoms with van der Waals surface area (Å²) in [5.41, 5.74) is 1.14. The normalized spacial score (nSPS) is 13.7. The van der Waals surface area contributed by atoms with Crippen LogP contribution >= 0.6 is 0 Å². The maximum atomic E-state index is 12.2. The number of ether oxygens (including phenoxy) is 1. The molecule has 1 unspecified atom stereocenters. The third-order valence-corrected chi connectivity index (χ3v) is 3.08. The Morgan fingerprint density at radius 2 is 1.55 bits per heavy atom.